The molecule has 72 valence electrons. The zero-order chi connectivity index (χ0) is 9.97. The molecular weight excluding hydrogens is 198 g/mol. The Hall–Kier alpha value is -1.48. The maximum absolute atomic E-state index is 5.78. The summed E-state index contributed by atoms with van der Waals surface area (Å²) >= 11 is 5.78. The van der Waals surface area contributed by atoms with Gasteiger partial charge in [0.15, 0.2) is 0 Å². The summed E-state index contributed by atoms with van der Waals surface area (Å²) in [7, 11) is 0. The Morgan fingerprint density at radius 3 is 2.50 bits per heavy atom. The van der Waals surface area contributed by atoms with E-state index < -0.39 is 0 Å². The van der Waals surface area contributed by atoms with Gasteiger partial charge >= 0.3 is 0 Å². The van der Waals surface area contributed by atoms with Gasteiger partial charge in [0, 0.05) is 5.02 Å². The van der Waals surface area contributed by atoms with E-state index in [4.69, 9.17) is 17.3 Å². The summed E-state index contributed by atoms with van der Waals surface area (Å²) in [4.78, 5) is 0. The van der Waals surface area contributed by atoms with Crippen molar-refractivity contribution in [2.75, 3.05) is 5.73 Å². The number of aromatic nitrogens is 2. The minimum atomic E-state index is 0.667. The molecule has 2 aromatic rings. The fourth-order valence-electron chi connectivity index (χ4n) is 1.24. The lowest BCUT2D eigenvalue weighted by Crippen LogP contribution is -2.05. The van der Waals surface area contributed by atoms with Crippen molar-refractivity contribution in [2.24, 2.45) is 0 Å². The van der Waals surface area contributed by atoms with E-state index in [2.05, 4.69) is 5.10 Å². The molecule has 0 saturated carbocycles. The van der Waals surface area contributed by atoms with Crippen LogP contribution in [0.25, 0.3) is 0 Å². The first kappa shape index (κ1) is 9.09. The molecule has 0 amide bonds. The predicted octanol–water partition coefficient (Wildman–Crippen LogP) is 2.17. The molecule has 0 bridgehead atoms. The zero-order valence-corrected chi connectivity index (χ0v) is 8.28. The molecule has 2 N–H and O–H groups in total. The predicted molar refractivity (Wildman–Crippen MR) is 57.2 cm³/mol. The Kier molecular flexibility index (Phi) is 2.41. The third kappa shape index (κ3) is 1.88. The summed E-state index contributed by atoms with van der Waals surface area (Å²) in [6.45, 7) is 0.677. The van der Waals surface area contributed by atoms with Crippen LogP contribution in [0.1, 0.15) is 5.56 Å². The largest absolute Gasteiger partial charge is 0.384 e. The highest BCUT2D eigenvalue weighted by Gasteiger charge is 1.98. The number of nitrogens with zero attached hydrogens (tertiary/aromatic N) is 2. The molecule has 0 unspecified atom stereocenters. The standard InChI is InChI=1S/C10H10ClN3/c11-9-3-1-8(2-4-9)7-14-10(12)5-6-13-14/h1-6H,7,12H2. The Morgan fingerprint density at radius 1 is 1.21 bits per heavy atom. The molecule has 1 aromatic carbocycles. The van der Waals surface area contributed by atoms with Crippen molar-refractivity contribution in [3.05, 3.63) is 47.1 Å². The lowest BCUT2D eigenvalue weighted by molar-refractivity contribution is 0.697. The molecular formula is C10H10ClN3. The quantitative estimate of drug-likeness (QED) is 0.820. The van der Waals surface area contributed by atoms with Crippen LogP contribution in [-0.4, -0.2) is 9.78 Å². The number of nitrogens with two attached hydrogens (primary N) is 1. The van der Waals surface area contributed by atoms with Crippen molar-refractivity contribution < 1.29 is 0 Å². The van der Waals surface area contributed by atoms with E-state index in [-0.39, 0.29) is 0 Å². The van der Waals surface area contributed by atoms with Gasteiger partial charge in [-0.3, -0.25) is 0 Å². The molecule has 0 atom stereocenters. The second-order valence-corrected chi connectivity index (χ2v) is 3.48. The van der Waals surface area contributed by atoms with E-state index >= 15 is 0 Å². The summed E-state index contributed by atoms with van der Waals surface area (Å²) in [5, 5.41) is 4.83. The van der Waals surface area contributed by atoms with Crippen molar-refractivity contribution in [1.29, 1.82) is 0 Å². The van der Waals surface area contributed by atoms with Gasteiger partial charge in [-0.15, -0.1) is 0 Å². The lowest BCUT2D eigenvalue weighted by atomic mass is 10.2. The molecule has 0 fully saturated rings. The molecule has 14 heavy (non-hydrogen) atoms. The van der Waals surface area contributed by atoms with Gasteiger partial charge in [0.2, 0.25) is 0 Å². The van der Waals surface area contributed by atoms with Gasteiger partial charge in [0.1, 0.15) is 5.82 Å². The number of hydrogen-bond donors (Lipinski definition) is 1. The highest BCUT2D eigenvalue weighted by molar-refractivity contribution is 6.30. The van der Waals surface area contributed by atoms with Crippen LogP contribution in [0.5, 0.6) is 0 Å². The van der Waals surface area contributed by atoms with Crippen LogP contribution in [0.15, 0.2) is 36.5 Å². The Balaban J connectivity index is 2.19. The minimum Gasteiger partial charge on any atom is -0.384 e. The van der Waals surface area contributed by atoms with E-state index in [1.54, 1.807) is 16.9 Å². The van der Waals surface area contributed by atoms with Crippen LogP contribution in [-0.2, 0) is 6.54 Å². The fraction of sp³-hybridized carbons (Fsp3) is 0.100. The van der Waals surface area contributed by atoms with Crippen molar-refractivity contribution in [1.82, 2.24) is 9.78 Å². The fourth-order valence-corrected chi connectivity index (χ4v) is 1.36. The normalized spacial score (nSPS) is 10.4. The number of rotatable bonds is 2. The third-order valence-corrected chi connectivity index (χ3v) is 2.25. The highest BCUT2D eigenvalue weighted by atomic mass is 35.5. The van der Waals surface area contributed by atoms with Gasteiger partial charge in [0.05, 0.1) is 12.7 Å². The van der Waals surface area contributed by atoms with Crippen LogP contribution >= 0.6 is 11.6 Å². The molecule has 0 aliphatic carbocycles. The van der Waals surface area contributed by atoms with Gasteiger partial charge < -0.3 is 5.73 Å². The molecule has 2 rings (SSSR count). The SMILES string of the molecule is Nc1ccnn1Cc1ccc(Cl)cc1. The maximum atomic E-state index is 5.78. The van der Waals surface area contributed by atoms with Crippen LogP contribution in [0.2, 0.25) is 5.02 Å². The third-order valence-electron chi connectivity index (χ3n) is 1.99. The smallest absolute Gasteiger partial charge is 0.122 e. The van der Waals surface area contributed by atoms with Crippen molar-refractivity contribution in [3.8, 4) is 0 Å². The highest BCUT2D eigenvalue weighted by Crippen LogP contribution is 2.11. The summed E-state index contributed by atoms with van der Waals surface area (Å²) in [6, 6.07) is 9.41. The second-order valence-electron chi connectivity index (χ2n) is 3.04. The van der Waals surface area contributed by atoms with E-state index in [1.165, 1.54) is 0 Å². The maximum Gasteiger partial charge on any atom is 0.122 e. The van der Waals surface area contributed by atoms with Crippen LogP contribution in [0.4, 0.5) is 5.82 Å². The van der Waals surface area contributed by atoms with Gasteiger partial charge in [-0.2, -0.15) is 5.10 Å². The van der Waals surface area contributed by atoms with Gasteiger partial charge in [-0.25, -0.2) is 4.68 Å². The first-order chi connectivity index (χ1) is 6.75. The summed E-state index contributed by atoms with van der Waals surface area (Å²) < 4.78 is 1.74. The van der Waals surface area contributed by atoms with Crippen LogP contribution < -0.4 is 5.73 Å². The number of nitrogen functional groups attached to an aromatic ring is 1. The van der Waals surface area contributed by atoms with E-state index in [1.807, 2.05) is 24.3 Å². The lowest BCUT2D eigenvalue weighted by Gasteiger charge is -2.03. The summed E-state index contributed by atoms with van der Waals surface area (Å²) in [6.07, 6.45) is 1.69. The molecule has 0 aliphatic rings. The topological polar surface area (TPSA) is 43.8 Å². The van der Waals surface area contributed by atoms with E-state index in [0.717, 1.165) is 10.6 Å². The Morgan fingerprint density at radius 2 is 1.93 bits per heavy atom. The van der Waals surface area contributed by atoms with Crippen molar-refractivity contribution in [3.63, 3.8) is 0 Å². The Labute approximate surface area is 87.1 Å². The molecule has 0 spiro atoms. The van der Waals surface area contributed by atoms with E-state index in [0.29, 0.717) is 12.4 Å². The number of halogens is 1. The van der Waals surface area contributed by atoms with Crippen molar-refractivity contribution in [2.45, 2.75) is 6.54 Å². The summed E-state index contributed by atoms with van der Waals surface area (Å²) in [5.74, 6) is 0.667. The van der Waals surface area contributed by atoms with Crippen molar-refractivity contribution >= 4 is 17.4 Å². The molecule has 0 aliphatic heterocycles. The number of benzene rings is 1. The minimum absolute atomic E-state index is 0.667. The van der Waals surface area contributed by atoms with Gasteiger partial charge in [-0.1, -0.05) is 23.7 Å². The molecule has 1 aromatic heterocycles. The van der Waals surface area contributed by atoms with E-state index in [9.17, 15) is 0 Å². The van der Waals surface area contributed by atoms with Gasteiger partial charge in [-0.05, 0) is 23.8 Å². The molecule has 0 radical (unpaired) electrons. The van der Waals surface area contributed by atoms with Crippen LogP contribution in [0, 0.1) is 0 Å². The average molecular weight is 208 g/mol. The second kappa shape index (κ2) is 3.72. The molecule has 0 saturated heterocycles. The number of hydrogen-bond acceptors (Lipinski definition) is 2. The number of anilines is 1. The zero-order valence-electron chi connectivity index (χ0n) is 7.52. The first-order valence-electron chi connectivity index (χ1n) is 4.27. The molecule has 3 nitrogen and oxygen atoms in total. The Bertz CT molecular complexity index is 419. The average Bonchev–Trinajstić information content (AvgIpc) is 2.56. The monoisotopic (exact) mass is 207 g/mol. The summed E-state index contributed by atoms with van der Waals surface area (Å²) in [5.41, 5.74) is 6.82. The van der Waals surface area contributed by atoms with Gasteiger partial charge in [0.25, 0.3) is 0 Å². The molecule has 1 heterocycles. The molecule has 4 heteroatoms. The van der Waals surface area contributed by atoms with Crippen LogP contribution in [0.3, 0.4) is 0 Å². The first-order valence-corrected chi connectivity index (χ1v) is 4.65.